The number of hydrogen-bond donors (Lipinski definition) is 3. The number of fused-ring (bicyclic) bond motifs is 5. The van der Waals surface area contributed by atoms with Crippen molar-refractivity contribution in [2.45, 2.75) is 211 Å². The molecule has 352 valence electrons. The quantitative estimate of drug-likeness (QED) is 0.139. The first-order chi connectivity index (χ1) is 29.3. The van der Waals surface area contributed by atoms with Gasteiger partial charge in [0.15, 0.2) is 18.9 Å². The minimum absolute atomic E-state index is 0.0391. The van der Waals surface area contributed by atoms with Crippen molar-refractivity contribution in [2.24, 2.45) is 28.6 Å². The molecule has 0 aromatic carbocycles. The predicted octanol–water partition coefficient (Wildman–Crippen LogP) is 4.69. The van der Waals surface area contributed by atoms with Gasteiger partial charge in [-0.3, -0.25) is 4.79 Å². The van der Waals surface area contributed by atoms with Gasteiger partial charge >= 0.3 is 5.97 Å². The van der Waals surface area contributed by atoms with Crippen LogP contribution in [0.2, 0.25) is 0 Å². The Hall–Kier alpha value is -1.86. The maximum absolute atomic E-state index is 13.3. The summed E-state index contributed by atoms with van der Waals surface area (Å²) in [5.74, 6) is -0.727. The molecule has 62 heavy (non-hydrogen) atoms. The summed E-state index contributed by atoms with van der Waals surface area (Å²) in [6.07, 6.45) is 0.173. The van der Waals surface area contributed by atoms with Gasteiger partial charge in [0.05, 0.1) is 42.2 Å². The van der Waals surface area contributed by atoms with E-state index in [1.807, 2.05) is 27.7 Å². The lowest BCUT2D eigenvalue weighted by Crippen LogP contribution is -2.66. The largest absolute Gasteiger partial charge is 0.458 e. The van der Waals surface area contributed by atoms with E-state index in [-0.39, 0.29) is 41.2 Å². The Balaban J connectivity index is 0.980. The number of esters is 1. The molecule has 0 amide bonds. The summed E-state index contributed by atoms with van der Waals surface area (Å²) in [7, 11) is 4.68. The molecule has 1 unspecified atom stereocenters. The number of allylic oxidation sites excluding steroid dienone is 2. The zero-order chi connectivity index (χ0) is 45.1. The molecule has 7 aliphatic rings. The van der Waals surface area contributed by atoms with Crippen molar-refractivity contribution in [1.82, 2.24) is 0 Å². The molecule has 21 atom stereocenters. The smallest absolute Gasteiger partial charge is 0.333 e. The second-order valence-electron chi connectivity index (χ2n) is 19.8. The van der Waals surface area contributed by atoms with Gasteiger partial charge in [-0.15, -0.1) is 0 Å². The molecule has 15 nitrogen and oxygen atoms in total. The van der Waals surface area contributed by atoms with Gasteiger partial charge in [-0.05, 0) is 104 Å². The highest BCUT2D eigenvalue weighted by atomic mass is 16.8. The van der Waals surface area contributed by atoms with E-state index >= 15 is 0 Å². The minimum atomic E-state index is -1.22. The molecule has 0 spiro atoms. The summed E-state index contributed by atoms with van der Waals surface area (Å²) < 4.78 is 61.8. The molecular formula is C47H74O15. The topological polar surface area (TPSA) is 187 Å². The van der Waals surface area contributed by atoms with Crippen LogP contribution in [0.25, 0.3) is 0 Å². The van der Waals surface area contributed by atoms with Crippen LogP contribution in [0.1, 0.15) is 113 Å². The molecule has 3 saturated carbocycles. The molecule has 3 saturated heterocycles. The zero-order valence-corrected chi connectivity index (χ0v) is 38.7. The third-order valence-electron chi connectivity index (χ3n) is 16.6. The van der Waals surface area contributed by atoms with Crippen LogP contribution < -0.4 is 0 Å². The lowest BCUT2D eigenvalue weighted by Gasteiger charge is -2.63. The summed E-state index contributed by atoms with van der Waals surface area (Å²) >= 11 is 0. The molecular weight excluding hydrogens is 805 g/mol. The molecule has 0 aromatic heterocycles. The van der Waals surface area contributed by atoms with E-state index in [9.17, 15) is 24.9 Å². The Morgan fingerprint density at radius 3 is 2.00 bits per heavy atom. The number of aliphatic hydroxyl groups is 3. The Bertz CT molecular complexity index is 1670. The number of carbonyl (C=O) groups excluding carboxylic acids is 2. The van der Waals surface area contributed by atoms with Crippen LogP contribution in [0, 0.1) is 28.6 Å². The average molecular weight is 879 g/mol. The molecule has 0 bridgehead atoms. The first kappa shape index (κ1) is 48.1. The van der Waals surface area contributed by atoms with Crippen LogP contribution >= 0.6 is 0 Å². The van der Waals surface area contributed by atoms with E-state index in [1.165, 1.54) is 12.7 Å². The third-order valence-corrected chi connectivity index (χ3v) is 16.6. The molecule has 0 radical (unpaired) electrons. The number of carbonyl (C=O) groups is 2. The number of hydrogen-bond acceptors (Lipinski definition) is 15. The van der Waals surface area contributed by atoms with Gasteiger partial charge in [-0.25, -0.2) is 4.79 Å². The lowest BCUT2D eigenvalue weighted by molar-refractivity contribution is -0.352. The minimum Gasteiger partial charge on any atom is -0.458 e. The monoisotopic (exact) mass is 879 g/mol. The van der Waals surface area contributed by atoms with E-state index in [0.29, 0.717) is 44.1 Å². The maximum Gasteiger partial charge on any atom is 0.333 e. The van der Waals surface area contributed by atoms with Gasteiger partial charge < -0.3 is 62.7 Å². The van der Waals surface area contributed by atoms with Crippen molar-refractivity contribution < 1.29 is 72.3 Å². The van der Waals surface area contributed by atoms with Crippen molar-refractivity contribution in [3.63, 3.8) is 0 Å². The predicted molar refractivity (Wildman–Crippen MR) is 223 cm³/mol. The molecule has 3 aliphatic heterocycles. The van der Waals surface area contributed by atoms with E-state index in [4.69, 9.17) is 47.4 Å². The number of methoxy groups -OCH3 is 3. The van der Waals surface area contributed by atoms with Gasteiger partial charge in [0.2, 0.25) is 0 Å². The molecule has 4 aliphatic carbocycles. The molecule has 3 N–H and O–H groups in total. The number of aliphatic hydroxyl groups excluding tert-OH is 2. The normalized spacial score (nSPS) is 49.6. The molecule has 0 aromatic rings. The Morgan fingerprint density at radius 1 is 0.774 bits per heavy atom. The average Bonchev–Trinajstić information content (AvgIpc) is 3.53. The number of Topliss-reactive ketones (excluding diaryl/α,β-unsaturated/α-hetero) is 1. The highest BCUT2D eigenvalue weighted by Gasteiger charge is 2.71. The maximum atomic E-state index is 13.3. The van der Waals surface area contributed by atoms with Crippen molar-refractivity contribution in [2.75, 3.05) is 21.3 Å². The zero-order valence-electron chi connectivity index (χ0n) is 38.7. The van der Waals surface area contributed by atoms with Crippen LogP contribution in [0.5, 0.6) is 0 Å². The van der Waals surface area contributed by atoms with E-state index in [1.54, 1.807) is 41.1 Å². The Labute approximate surface area is 367 Å². The highest BCUT2D eigenvalue weighted by molar-refractivity contribution is 5.88. The Morgan fingerprint density at radius 2 is 1.40 bits per heavy atom. The van der Waals surface area contributed by atoms with Crippen LogP contribution in [0.4, 0.5) is 0 Å². The standard InChI is InChI=1S/C47H74O15/c1-12-23(2)43(51)60-35-20-32-31(47(52)18-16-30(24(3)48)46(35,47)8)14-13-28-19-29(15-17-45(28,32)7)59-36-21-33(53-9)40(26(5)56-36)61-37-22-34(54-10)41(27(6)57-37)62-44-39(50)42(55-11)38(49)25(4)58-44/h12-13,25-27,29-42,44,49-50,52H,14-22H2,1-11H3/b23-12+/t25-,26-,27-,29+,30-,31-,32+,33+,34+,35-,36+,37+,38-,39-,40?,41-,42+,44+,45+,46+,47-/m1/s1. The van der Waals surface area contributed by atoms with Crippen molar-refractivity contribution in [3.05, 3.63) is 23.3 Å². The summed E-state index contributed by atoms with van der Waals surface area (Å²) in [5.41, 5.74) is -0.439. The molecule has 6 fully saturated rings. The van der Waals surface area contributed by atoms with Gasteiger partial charge in [0, 0.05) is 51.1 Å². The van der Waals surface area contributed by atoms with Gasteiger partial charge in [0.1, 0.15) is 42.4 Å². The SMILES string of the molecule is C/C=C(\C)C(=O)O[C@@H]1C[C@H]2[C@@H](CC=C3C[C@@H](O[C@H]4C[C@H](OC)C(O[C@H]5C[C@H](OC)[C@H](O[C@@H]6O[C@H](C)[C@@H](O)[C@H](OC)[C@H]6O)[C@@H](C)O5)[C@@H](C)O4)CC[C@@]32C)[C@]2(O)CC[C@H](C(C)=O)[C@@]12C. The van der Waals surface area contributed by atoms with Crippen LogP contribution in [-0.4, -0.2) is 146 Å². The fourth-order valence-electron chi connectivity index (χ4n) is 12.8. The fourth-order valence-corrected chi connectivity index (χ4v) is 12.8. The van der Waals surface area contributed by atoms with Crippen LogP contribution in [-0.2, 0) is 57.0 Å². The van der Waals surface area contributed by atoms with Gasteiger partial charge in [-0.1, -0.05) is 31.6 Å². The fraction of sp³-hybridized carbons (Fsp3) is 0.872. The number of ether oxygens (including phenoxy) is 10. The van der Waals surface area contributed by atoms with E-state index < -0.39 is 96.9 Å². The first-order valence-electron chi connectivity index (χ1n) is 23.0. The summed E-state index contributed by atoms with van der Waals surface area (Å²) in [6, 6.07) is 0. The third kappa shape index (κ3) is 8.42. The van der Waals surface area contributed by atoms with Crippen LogP contribution in [0.3, 0.4) is 0 Å². The summed E-state index contributed by atoms with van der Waals surface area (Å²) in [4.78, 5) is 26.4. The van der Waals surface area contributed by atoms with Crippen molar-refractivity contribution >= 4 is 11.8 Å². The Kier molecular flexibility index (Phi) is 14.6. The highest BCUT2D eigenvalue weighted by Crippen LogP contribution is 2.68. The molecule has 15 heteroatoms. The first-order valence-corrected chi connectivity index (χ1v) is 23.0. The molecule has 7 rings (SSSR count). The van der Waals surface area contributed by atoms with Gasteiger partial charge in [-0.2, -0.15) is 0 Å². The second kappa shape index (κ2) is 18.8. The summed E-state index contributed by atoms with van der Waals surface area (Å²) in [5, 5.41) is 34.1. The summed E-state index contributed by atoms with van der Waals surface area (Å²) in [6.45, 7) is 15.0. The van der Waals surface area contributed by atoms with E-state index in [0.717, 1.165) is 19.3 Å². The van der Waals surface area contributed by atoms with E-state index in [2.05, 4.69) is 13.0 Å². The number of ketones is 1. The second-order valence-corrected chi connectivity index (χ2v) is 19.8. The lowest BCUT2D eigenvalue weighted by atomic mass is 9.45. The number of rotatable bonds is 12. The molecule has 3 heterocycles. The van der Waals surface area contributed by atoms with Crippen molar-refractivity contribution in [1.29, 1.82) is 0 Å². The van der Waals surface area contributed by atoms with Gasteiger partial charge in [0.25, 0.3) is 0 Å². The van der Waals surface area contributed by atoms with Crippen LogP contribution in [0.15, 0.2) is 23.3 Å². The van der Waals surface area contributed by atoms with Crippen molar-refractivity contribution in [3.8, 4) is 0 Å².